The van der Waals surface area contributed by atoms with Crippen LogP contribution in [-0.2, 0) is 9.53 Å². The third-order valence-electron chi connectivity index (χ3n) is 5.38. The first-order valence-electron chi connectivity index (χ1n) is 8.91. The van der Waals surface area contributed by atoms with Gasteiger partial charge in [0.25, 0.3) is 5.91 Å². The minimum atomic E-state index is -0.783. The number of likely N-dealkylation sites (tertiary alicyclic amines) is 1. The topological polar surface area (TPSA) is 85.3 Å². The molecule has 1 N–H and O–H groups in total. The first-order valence-corrected chi connectivity index (χ1v) is 8.91. The van der Waals surface area contributed by atoms with Crippen LogP contribution in [0.1, 0.15) is 29.6 Å². The molecule has 0 aromatic heterocycles. The van der Waals surface area contributed by atoms with E-state index in [-0.39, 0.29) is 17.9 Å². The lowest BCUT2D eigenvalue weighted by Crippen LogP contribution is -2.43. The molecule has 1 unspecified atom stereocenters. The number of amides is 1. The molecule has 26 heavy (non-hydrogen) atoms. The van der Waals surface area contributed by atoms with E-state index in [0.29, 0.717) is 43.2 Å². The molecule has 0 saturated carbocycles. The average molecular weight is 363 g/mol. The lowest BCUT2D eigenvalue weighted by atomic mass is 9.84. The van der Waals surface area contributed by atoms with Crippen LogP contribution in [0.4, 0.5) is 0 Å². The summed E-state index contributed by atoms with van der Waals surface area (Å²) >= 11 is 0. The molecule has 2 fully saturated rings. The van der Waals surface area contributed by atoms with Crippen LogP contribution in [0.15, 0.2) is 18.2 Å². The van der Waals surface area contributed by atoms with Crippen molar-refractivity contribution >= 4 is 11.9 Å². The number of hydrogen-bond donors (Lipinski definition) is 1. The number of piperidine rings is 1. The quantitative estimate of drug-likeness (QED) is 0.862. The van der Waals surface area contributed by atoms with E-state index >= 15 is 0 Å². The summed E-state index contributed by atoms with van der Waals surface area (Å²) < 4.78 is 16.2. The van der Waals surface area contributed by atoms with Gasteiger partial charge in [-0.15, -0.1) is 0 Å². The fraction of sp³-hybridized carbons (Fsp3) is 0.579. The zero-order chi connectivity index (χ0) is 18.7. The summed E-state index contributed by atoms with van der Waals surface area (Å²) in [6, 6.07) is 5.16. The highest BCUT2D eigenvalue weighted by Crippen LogP contribution is 2.34. The second-order valence-corrected chi connectivity index (χ2v) is 6.76. The Morgan fingerprint density at radius 1 is 1.15 bits per heavy atom. The number of hydrogen-bond acceptors (Lipinski definition) is 5. The molecule has 7 nitrogen and oxygen atoms in total. The molecule has 2 atom stereocenters. The lowest BCUT2D eigenvalue weighted by Gasteiger charge is -2.35. The monoisotopic (exact) mass is 363 g/mol. The minimum absolute atomic E-state index is 0.0786. The van der Waals surface area contributed by atoms with Gasteiger partial charge in [0, 0.05) is 25.8 Å². The van der Waals surface area contributed by atoms with Crippen molar-refractivity contribution in [2.45, 2.75) is 25.4 Å². The van der Waals surface area contributed by atoms with Crippen molar-refractivity contribution in [1.29, 1.82) is 0 Å². The molecular weight excluding hydrogens is 338 g/mol. The van der Waals surface area contributed by atoms with Gasteiger partial charge >= 0.3 is 5.97 Å². The van der Waals surface area contributed by atoms with Crippen molar-refractivity contribution in [2.24, 2.45) is 11.8 Å². The molecule has 142 valence electrons. The molecule has 3 rings (SSSR count). The van der Waals surface area contributed by atoms with Crippen LogP contribution in [0.25, 0.3) is 0 Å². The first kappa shape index (κ1) is 18.5. The van der Waals surface area contributed by atoms with Gasteiger partial charge in [-0.1, -0.05) is 0 Å². The fourth-order valence-electron chi connectivity index (χ4n) is 3.92. The van der Waals surface area contributed by atoms with E-state index in [1.54, 1.807) is 30.2 Å². The molecule has 1 aromatic carbocycles. The Bertz CT molecular complexity index is 668. The van der Waals surface area contributed by atoms with Gasteiger partial charge in [0.2, 0.25) is 0 Å². The van der Waals surface area contributed by atoms with Crippen molar-refractivity contribution in [2.75, 3.05) is 33.9 Å². The number of carboxylic acids is 1. The number of benzene rings is 1. The number of aliphatic carboxylic acids is 1. The number of methoxy groups -OCH3 is 2. The Morgan fingerprint density at radius 2 is 1.88 bits per heavy atom. The number of ether oxygens (including phenoxy) is 3. The highest BCUT2D eigenvalue weighted by atomic mass is 16.5. The molecule has 2 saturated heterocycles. The van der Waals surface area contributed by atoms with Crippen LogP contribution in [0.2, 0.25) is 0 Å². The smallest absolute Gasteiger partial charge is 0.309 e. The van der Waals surface area contributed by atoms with Crippen LogP contribution < -0.4 is 9.47 Å². The van der Waals surface area contributed by atoms with Gasteiger partial charge < -0.3 is 24.2 Å². The highest BCUT2D eigenvalue weighted by Gasteiger charge is 2.41. The minimum Gasteiger partial charge on any atom is -0.497 e. The summed E-state index contributed by atoms with van der Waals surface area (Å²) in [6.07, 6.45) is 1.83. The highest BCUT2D eigenvalue weighted by molar-refractivity contribution is 5.97. The van der Waals surface area contributed by atoms with E-state index in [0.717, 1.165) is 12.8 Å². The molecule has 0 spiro atoms. The maximum absolute atomic E-state index is 12.9. The van der Waals surface area contributed by atoms with E-state index in [1.807, 2.05) is 0 Å². The number of rotatable bonds is 5. The molecule has 1 aromatic rings. The van der Waals surface area contributed by atoms with Gasteiger partial charge in [-0.2, -0.15) is 0 Å². The van der Waals surface area contributed by atoms with Crippen LogP contribution >= 0.6 is 0 Å². The van der Waals surface area contributed by atoms with E-state index in [1.165, 1.54) is 7.11 Å². The summed E-state index contributed by atoms with van der Waals surface area (Å²) in [5, 5.41) is 9.33. The Balaban J connectivity index is 1.65. The predicted octanol–water partition coefficient (Wildman–Crippen LogP) is 2.05. The third kappa shape index (κ3) is 3.62. The van der Waals surface area contributed by atoms with Crippen molar-refractivity contribution in [1.82, 2.24) is 4.90 Å². The molecule has 2 aliphatic heterocycles. The summed E-state index contributed by atoms with van der Waals surface area (Å²) in [6.45, 7) is 1.68. The number of carbonyl (C=O) groups excluding carboxylic acids is 1. The number of carbonyl (C=O) groups is 2. The zero-order valence-corrected chi connectivity index (χ0v) is 15.1. The van der Waals surface area contributed by atoms with Gasteiger partial charge in [-0.05, 0) is 37.3 Å². The Labute approximate surface area is 152 Å². The molecule has 7 heteroatoms. The van der Waals surface area contributed by atoms with Gasteiger partial charge in [0.1, 0.15) is 11.5 Å². The number of nitrogens with zero attached hydrogens (tertiary/aromatic N) is 1. The molecule has 2 heterocycles. The Morgan fingerprint density at radius 3 is 2.50 bits per heavy atom. The molecule has 1 amide bonds. The molecule has 0 aliphatic carbocycles. The van der Waals surface area contributed by atoms with Crippen LogP contribution in [0.3, 0.4) is 0 Å². The number of carboxylic acid groups (broad SMARTS) is 1. The summed E-state index contributed by atoms with van der Waals surface area (Å²) in [4.78, 5) is 26.0. The van der Waals surface area contributed by atoms with Crippen molar-refractivity contribution < 1.29 is 28.9 Å². The second kappa shape index (κ2) is 7.95. The maximum Gasteiger partial charge on any atom is 0.309 e. The summed E-state index contributed by atoms with van der Waals surface area (Å²) in [7, 11) is 3.10. The van der Waals surface area contributed by atoms with Crippen LogP contribution in [0, 0.1) is 11.8 Å². The van der Waals surface area contributed by atoms with Gasteiger partial charge in [-0.3, -0.25) is 9.59 Å². The summed E-state index contributed by atoms with van der Waals surface area (Å²) in [5.41, 5.74) is 0.507. The van der Waals surface area contributed by atoms with E-state index in [2.05, 4.69) is 0 Å². The maximum atomic E-state index is 12.9. The lowest BCUT2D eigenvalue weighted by molar-refractivity contribution is -0.145. The first-order chi connectivity index (χ1) is 12.5. The van der Waals surface area contributed by atoms with E-state index in [4.69, 9.17) is 14.2 Å². The average Bonchev–Trinajstić information content (AvgIpc) is 3.17. The molecule has 0 radical (unpaired) electrons. The van der Waals surface area contributed by atoms with Crippen molar-refractivity contribution in [3.63, 3.8) is 0 Å². The Hall–Kier alpha value is -2.28. The molecule has 2 aliphatic rings. The van der Waals surface area contributed by atoms with E-state index in [9.17, 15) is 14.7 Å². The third-order valence-corrected chi connectivity index (χ3v) is 5.38. The molecular formula is C19H25NO6. The van der Waals surface area contributed by atoms with Crippen molar-refractivity contribution in [3.05, 3.63) is 23.8 Å². The predicted molar refractivity (Wildman–Crippen MR) is 93.7 cm³/mol. The van der Waals surface area contributed by atoms with Crippen LogP contribution in [0.5, 0.6) is 11.5 Å². The SMILES string of the molecule is COc1ccc(C(=O)N2CCC([C@@H]3OCCC3C(=O)O)CC2)c(OC)c1. The zero-order valence-electron chi connectivity index (χ0n) is 15.1. The summed E-state index contributed by atoms with van der Waals surface area (Å²) in [5.74, 6) is 0.0140. The fourth-order valence-corrected chi connectivity index (χ4v) is 3.92. The Kier molecular flexibility index (Phi) is 5.66. The largest absolute Gasteiger partial charge is 0.497 e. The van der Waals surface area contributed by atoms with Gasteiger partial charge in [0.15, 0.2) is 0 Å². The van der Waals surface area contributed by atoms with Crippen molar-refractivity contribution in [3.8, 4) is 11.5 Å². The van der Waals surface area contributed by atoms with Crippen LogP contribution in [-0.4, -0.2) is 61.9 Å². The second-order valence-electron chi connectivity index (χ2n) is 6.76. The molecule has 0 bridgehead atoms. The van der Waals surface area contributed by atoms with Gasteiger partial charge in [-0.25, -0.2) is 0 Å². The van der Waals surface area contributed by atoms with Gasteiger partial charge in [0.05, 0.1) is 31.8 Å². The van der Waals surface area contributed by atoms with E-state index < -0.39 is 11.9 Å². The normalized spacial score (nSPS) is 23.7. The standard InChI is InChI=1S/C19H25NO6/c1-24-13-3-4-14(16(11-13)25-2)18(21)20-8-5-12(6-9-20)17-15(19(22)23)7-10-26-17/h3-4,11-12,15,17H,5-10H2,1-2H3,(H,22,23)/t15?,17-/m0/s1.